The van der Waals surface area contributed by atoms with Crippen molar-refractivity contribution in [2.75, 3.05) is 19.7 Å². The maximum absolute atomic E-state index is 12.2. The lowest BCUT2D eigenvalue weighted by molar-refractivity contribution is -0.140. The van der Waals surface area contributed by atoms with Gasteiger partial charge in [0, 0.05) is 13.1 Å². The Morgan fingerprint density at radius 2 is 1.88 bits per heavy atom. The molecule has 0 aliphatic rings. The van der Waals surface area contributed by atoms with Crippen LogP contribution in [-0.4, -0.2) is 35.6 Å². The van der Waals surface area contributed by atoms with Gasteiger partial charge in [0.1, 0.15) is 5.41 Å². The van der Waals surface area contributed by atoms with E-state index in [2.05, 4.69) is 6.07 Å². The van der Waals surface area contributed by atoms with Crippen molar-refractivity contribution in [1.82, 2.24) is 4.90 Å². The van der Waals surface area contributed by atoms with E-state index >= 15 is 0 Å². The quantitative estimate of drug-likeness (QED) is 0.716. The Bertz CT molecular complexity index is 248. The zero-order valence-electron chi connectivity index (χ0n) is 10.5. The molecule has 0 saturated carbocycles. The molecule has 16 heavy (non-hydrogen) atoms. The molecule has 0 aromatic rings. The molecule has 0 rings (SSSR count). The van der Waals surface area contributed by atoms with Crippen LogP contribution in [0.2, 0.25) is 0 Å². The van der Waals surface area contributed by atoms with Crippen molar-refractivity contribution in [3.8, 4) is 6.07 Å². The number of carbonyl (C=O) groups is 1. The average Bonchev–Trinajstić information content (AvgIpc) is 2.31. The van der Waals surface area contributed by atoms with Gasteiger partial charge in [0.05, 0.1) is 12.7 Å². The van der Waals surface area contributed by atoms with E-state index in [1.807, 2.05) is 20.8 Å². The molecule has 0 heterocycles. The summed E-state index contributed by atoms with van der Waals surface area (Å²) in [5, 5.41) is 18.1. The molecule has 0 aromatic heterocycles. The van der Waals surface area contributed by atoms with Gasteiger partial charge in [-0.2, -0.15) is 5.26 Å². The molecule has 1 N–H and O–H groups in total. The molecule has 0 atom stereocenters. The molecule has 0 aliphatic heterocycles. The zero-order chi connectivity index (χ0) is 12.6. The van der Waals surface area contributed by atoms with Crippen molar-refractivity contribution in [3.63, 3.8) is 0 Å². The standard InChI is InChI=1S/C12H22N2O2/c1-4-7-14(8-9-15)11(16)12(5-2,6-3)10-13/h15H,4-9H2,1-3H3. The minimum absolute atomic E-state index is 0.0549. The number of rotatable bonds is 7. The fourth-order valence-corrected chi connectivity index (χ4v) is 1.77. The van der Waals surface area contributed by atoms with E-state index < -0.39 is 5.41 Å². The highest BCUT2D eigenvalue weighted by molar-refractivity contribution is 5.85. The van der Waals surface area contributed by atoms with E-state index in [-0.39, 0.29) is 12.5 Å². The van der Waals surface area contributed by atoms with Crippen LogP contribution < -0.4 is 0 Å². The third-order valence-corrected chi connectivity index (χ3v) is 2.98. The summed E-state index contributed by atoms with van der Waals surface area (Å²) in [5.74, 6) is -0.143. The van der Waals surface area contributed by atoms with Crippen LogP contribution in [0.15, 0.2) is 0 Å². The van der Waals surface area contributed by atoms with Crippen LogP contribution in [0.5, 0.6) is 0 Å². The van der Waals surface area contributed by atoms with Gasteiger partial charge < -0.3 is 10.0 Å². The summed E-state index contributed by atoms with van der Waals surface area (Å²) >= 11 is 0. The lowest BCUT2D eigenvalue weighted by atomic mass is 9.82. The summed E-state index contributed by atoms with van der Waals surface area (Å²) in [5.41, 5.74) is -0.912. The van der Waals surface area contributed by atoms with E-state index in [0.717, 1.165) is 6.42 Å². The van der Waals surface area contributed by atoms with Gasteiger partial charge in [0.25, 0.3) is 0 Å². The van der Waals surface area contributed by atoms with E-state index in [4.69, 9.17) is 5.11 Å². The predicted molar refractivity (Wildman–Crippen MR) is 62.6 cm³/mol. The van der Waals surface area contributed by atoms with Crippen molar-refractivity contribution in [2.24, 2.45) is 5.41 Å². The number of aliphatic hydroxyl groups excluding tert-OH is 1. The number of carbonyl (C=O) groups excluding carboxylic acids is 1. The van der Waals surface area contributed by atoms with Crippen LogP contribution in [0.4, 0.5) is 0 Å². The molecular formula is C12H22N2O2. The molecule has 0 aromatic carbocycles. The number of aliphatic hydroxyl groups is 1. The van der Waals surface area contributed by atoms with Crippen LogP contribution in [0.25, 0.3) is 0 Å². The van der Waals surface area contributed by atoms with Gasteiger partial charge >= 0.3 is 0 Å². The maximum Gasteiger partial charge on any atom is 0.243 e. The smallest absolute Gasteiger partial charge is 0.243 e. The first-order valence-electron chi connectivity index (χ1n) is 5.93. The van der Waals surface area contributed by atoms with Gasteiger partial charge in [0.2, 0.25) is 5.91 Å². The topological polar surface area (TPSA) is 64.3 Å². The molecule has 4 nitrogen and oxygen atoms in total. The number of hydrogen-bond donors (Lipinski definition) is 1. The second-order valence-electron chi connectivity index (χ2n) is 3.92. The van der Waals surface area contributed by atoms with E-state index in [0.29, 0.717) is 25.9 Å². The summed E-state index contributed by atoms with van der Waals surface area (Å²) in [6.45, 7) is 6.55. The van der Waals surface area contributed by atoms with Crippen molar-refractivity contribution in [2.45, 2.75) is 40.0 Å². The summed E-state index contributed by atoms with van der Waals surface area (Å²) < 4.78 is 0. The number of hydrogen-bond acceptors (Lipinski definition) is 3. The van der Waals surface area contributed by atoms with Crippen LogP contribution in [0.3, 0.4) is 0 Å². The highest BCUT2D eigenvalue weighted by Gasteiger charge is 2.37. The number of nitriles is 1. The third kappa shape index (κ3) is 3.21. The summed E-state index contributed by atoms with van der Waals surface area (Å²) in [4.78, 5) is 13.8. The fourth-order valence-electron chi connectivity index (χ4n) is 1.77. The molecule has 0 spiro atoms. The molecule has 0 unspecified atom stereocenters. The number of amides is 1. The molecule has 0 saturated heterocycles. The van der Waals surface area contributed by atoms with E-state index in [1.165, 1.54) is 0 Å². The lowest BCUT2D eigenvalue weighted by Crippen LogP contribution is -2.44. The first kappa shape index (κ1) is 14.9. The monoisotopic (exact) mass is 226 g/mol. The van der Waals surface area contributed by atoms with E-state index in [9.17, 15) is 10.1 Å². The van der Waals surface area contributed by atoms with Crippen molar-refractivity contribution in [1.29, 1.82) is 5.26 Å². The molecule has 1 amide bonds. The number of nitrogens with zero attached hydrogens (tertiary/aromatic N) is 2. The lowest BCUT2D eigenvalue weighted by Gasteiger charge is -2.30. The minimum atomic E-state index is -0.912. The fraction of sp³-hybridized carbons (Fsp3) is 0.833. The van der Waals surface area contributed by atoms with Crippen LogP contribution in [0.1, 0.15) is 40.0 Å². The Morgan fingerprint density at radius 3 is 2.19 bits per heavy atom. The van der Waals surface area contributed by atoms with Crippen molar-refractivity contribution >= 4 is 5.91 Å². The summed E-state index contributed by atoms with van der Waals surface area (Å²) in [6, 6.07) is 2.14. The zero-order valence-corrected chi connectivity index (χ0v) is 10.5. The van der Waals surface area contributed by atoms with E-state index in [1.54, 1.807) is 4.90 Å². The SMILES string of the molecule is CCCN(CCO)C(=O)C(C#N)(CC)CC. The Morgan fingerprint density at radius 1 is 1.31 bits per heavy atom. The van der Waals surface area contributed by atoms with Crippen molar-refractivity contribution in [3.05, 3.63) is 0 Å². The summed E-state index contributed by atoms with van der Waals surface area (Å²) in [7, 11) is 0. The Labute approximate surface area is 97.9 Å². The largest absolute Gasteiger partial charge is 0.395 e. The Kier molecular flexibility index (Phi) is 6.75. The molecule has 4 heteroatoms. The molecule has 0 radical (unpaired) electrons. The molecular weight excluding hydrogens is 204 g/mol. The molecule has 92 valence electrons. The van der Waals surface area contributed by atoms with Gasteiger partial charge in [-0.25, -0.2) is 0 Å². The average molecular weight is 226 g/mol. The van der Waals surface area contributed by atoms with Crippen LogP contribution in [-0.2, 0) is 4.79 Å². The second-order valence-corrected chi connectivity index (χ2v) is 3.92. The predicted octanol–water partition coefficient (Wildman–Crippen LogP) is 1.55. The van der Waals surface area contributed by atoms with Gasteiger partial charge in [0.15, 0.2) is 0 Å². The van der Waals surface area contributed by atoms with Gasteiger partial charge in [-0.1, -0.05) is 20.8 Å². The normalized spacial score (nSPS) is 10.9. The Hall–Kier alpha value is -1.08. The van der Waals surface area contributed by atoms with Crippen LogP contribution >= 0.6 is 0 Å². The minimum Gasteiger partial charge on any atom is -0.395 e. The first-order chi connectivity index (χ1) is 7.61. The maximum atomic E-state index is 12.2. The molecule has 0 aliphatic carbocycles. The highest BCUT2D eigenvalue weighted by Crippen LogP contribution is 2.28. The van der Waals surface area contributed by atoms with Crippen molar-refractivity contribution < 1.29 is 9.90 Å². The molecule has 0 bridgehead atoms. The molecule has 0 fully saturated rings. The van der Waals surface area contributed by atoms with Gasteiger partial charge in [-0.15, -0.1) is 0 Å². The summed E-state index contributed by atoms with van der Waals surface area (Å²) in [6.07, 6.45) is 1.87. The third-order valence-electron chi connectivity index (χ3n) is 2.98. The Balaban J connectivity index is 4.88. The first-order valence-corrected chi connectivity index (χ1v) is 5.93. The van der Waals surface area contributed by atoms with Gasteiger partial charge in [-0.05, 0) is 19.3 Å². The van der Waals surface area contributed by atoms with Crippen LogP contribution in [0, 0.1) is 16.7 Å². The highest BCUT2D eigenvalue weighted by atomic mass is 16.3. The second kappa shape index (κ2) is 7.24. The van der Waals surface area contributed by atoms with Gasteiger partial charge in [-0.3, -0.25) is 4.79 Å².